The highest BCUT2D eigenvalue weighted by atomic mass is 15.2. The molecule has 0 radical (unpaired) electrons. The van der Waals surface area contributed by atoms with Crippen LogP contribution in [0.1, 0.15) is 12.0 Å². The van der Waals surface area contributed by atoms with Gasteiger partial charge in [0.2, 0.25) is 0 Å². The van der Waals surface area contributed by atoms with E-state index in [1.165, 1.54) is 66.0 Å². The molecule has 2 aliphatic rings. The maximum Gasteiger partial charge on any atom is 0.0639 e. The average molecular weight is 498 g/mol. The van der Waals surface area contributed by atoms with E-state index in [0.29, 0.717) is 0 Å². The minimum atomic E-state index is 0.285. The van der Waals surface area contributed by atoms with Gasteiger partial charge in [-0.25, -0.2) is 0 Å². The Kier molecular flexibility index (Phi) is 5.03. The van der Waals surface area contributed by atoms with Crippen molar-refractivity contribution < 1.29 is 0 Å². The van der Waals surface area contributed by atoms with Crippen molar-refractivity contribution >= 4 is 33.8 Å². The topological polar surface area (TPSA) is 3.24 Å². The zero-order valence-corrected chi connectivity index (χ0v) is 21.6. The molecular weight excluding hydrogens is 470 g/mol. The molecule has 0 bridgehead atoms. The Morgan fingerprint density at radius 3 is 2.05 bits per heavy atom. The molecule has 1 atom stereocenters. The molecule has 8 rings (SSSR count). The Morgan fingerprint density at radius 2 is 1.18 bits per heavy atom. The van der Waals surface area contributed by atoms with Crippen molar-refractivity contribution in [1.82, 2.24) is 0 Å². The van der Waals surface area contributed by atoms with Crippen molar-refractivity contribution in [2.24, 2.45) is 0 Å². The lowest BCUT2D eigenvalue weighted by molar-refractivity contribution is 0.845. The van der Waals surface area contributed by atoms with Crippen LogP contribution in [0.25, 0.3) is 44.7 Å². The van der Waals surface area contributed by atoms with E-state index >= 15 is 0 Å². The first kappa shape index (κ1) is 22.1. The summed E-state index contributed by atoms with van der Waals surface area (Å²) in [5.41, 5.74) is 10.3. The van der Waals surface area contributed by atoms with Gasteiger partial charge >= 0.3 is 0 Å². The lowest BCUT2D eigenvalue weighted by Gasteiger charge is -2.29. The Morgan fingerprint density at radius 1 is 0.513 bits per heavy atom. The summed E-state index contributed by atoms with van der Waals surface area (Å²) >= 11 is 0. The van der Waals surface area contributed by atoms with Crippen molar-refractivity contribution in [3.63, 3.8) is 0 Å². The van der Waals surface area contributed by atoms with Crippen LogP contribution in [0.3, 0.4) is 0 Å². The minimum absolute atomic E-state index is 0.285. The Hall–Kier alpha value is -4.88. The molecule has 0 saturated carbocycles. The smallest absolute Gasteiger partial charge is 0.0639 e. The van der Waals surface area contributed by atoms with Gasteiger partial charge in [0.05, 0.1) is 6.04 Å². The molecule has 0 spiro atoms. The lowest BCUT2D eigenvalue weighted by Crippen LogP contribution is -2.38. The minimum Gasteiger partial charge on any atom is -0.333 e. The van der Waals surface area contributed by atoms with Gasteiger partial charge in [-0.3, -0.25) is 0 Å². The van der Waals surface area contributed by atoms with Gasteiger partial charge in [-0.1, -0.05) is 121 Å². The molecule has 184 valence electrons. The molecule has 1 aliphatic carbocycles. The summed E-state index contributed by atoms with van der Waals surface area (Å²) in [7, 11) is 0. The fourth-order valence-corrected chi connectivity index (χ4v) is 6.45. The van der Waals surface area contributed by atoms with E-state index in [1.54, 1.807) is 0 Å². The van der Waals surface area contributed by atoms with Crippen molar-refractivity contribution in [2.45, 2.75) is 12.5 Å². The molecule has 39 heavy (non-hydrogen) atoms. The van der Waals surface area contributed by atoms with Crippen molar-refractivity contribution in [3.8, 4) is 22.3 Å². The van der Waals surface area contributed by atoms with Crippen LogP contribution >= 0.6 is 0 Å². The zero-order valence-electron chi connectivity index (χ0n) is 21.6. The summed E-state index contributed by atoms with van der Waals surface area (Å²) in [5.74, 6) is 0. The average Bonchev–Trinajstić information content (AvgIpc) is 3.35. The summed E-state index contributed by atoms with van der Waals surface area (Å²) in [6.07, 6.45) is 3.40. The number of nitrogens with zero attached hydrogens (tertiary/aromatic N) is 1. The number of hydrogen-bond donors (Lipinski definition) is 0. The van der Waals surface area contributed by atoms with E-state index in [9.17, 15) is 0 Å². The van der Waals surface area contributed by atoms with Crippen molar-refractivity contribution in [3.05, 3.63) is 156 Å². The number of benzene rings is 6. The molecule has 1 nitrogen and oxygen atoms in total. The zero-order chi connectivity index (χ0) is 25.8. The quantitative estimate of drug-likeness (QED) is 0.239. The van der Waals surface area contributed by atoms with Crippen LogP contribution in [0.5, 0.6) is 0 Å². The highest BCUT2D eigenvalue weighted by molar-refractivity contribution is 5.95. The molecule has 0 aromatic heterocycles. The molecule has 0 saturated heterocycles. The van der Waals surface area contributed by atoms with Crippen molar-refractivity contribution in [1.29, 1.82) is 0 Å². The van der Waals surface area contributed by atoms with E-state index < -0.39 is 0 Å². The van der Waals surface area contributed by atoms with Crippen LogP contribution in [0.15, 0.2) is 140 Å². The maximum atomic E-state index is 2.56. The van der Waals surface area contributed by atoms with Crippen LogP contribution in [0, 0.1) is 0 Å². The summed E-state index contributed by atoms with van der Waals surface area (Å²) in [5, 5.41) is 5.25. The highest BCUT2D eigenvalue weighted by Crippen LogP contribution is 2.47. The summed E-state index contributed by atoms with van der Waals surface area (Å²) in [6.45, 7) is 0. The van der Waals surface area contributed by atoms with Gasteiger partial charge < -0.3 is 4.90 Å². The normalized spacial score (nSPS) is 15.4. The van der Waals surface area contributed by atoms with E-state index in [-0.39, 0.29) is 6.04 Å². The van der Waals surface area contributed by atoms with Crippen LogP contribution in [-0.4, -0.2) is 6.04 Å². The van der Waals surface area contributed by atoms with E-state index in [2.05, 4.69) is 151 Å². The van der Waals surface area contributed by atoms with E-state index in [1.807, 2.05) is 0 Å². The monoisotopic (exact) mass is 497 g/mol. The third kappa shape index (κ3) is 3.62. The molecule has 6 aromatic carbocycles. The number of rotatable bonds is 3. The largest absolute Gasteiger partial charge is 0.333 e. The van der Waals surface area contributed by atoms with E-state index in [0.717, 1.165) is 6.42 Å². The van der Waals surface area contributed by atoms with E-state index in [4.69, 9.17) is 0 Å². The second-order valence-electron chi connectivity index (χ2n) is 10.5. The van der Waals surface area contributed by atoms with Gasteiger partial charge in [0.15, 0.2) is 0 Å². The SMILES string of the molecule is C1=c2ccccc2=C2c3ccc(-c4ccccc4)cc3N(c3ccc(-c4ccc5ccccc5c4)cc3)C2C1. The van der Waals surface area contributed by atoms with Crippen LogP contribution in [0.4, 0.5) is 11.4 Å². The molecule has 0 N–H and O–H groups in total. The highest BCUT2D eigenvalue weighted by Gasteiger charge is 2.36. The predicted octanol–water partition coefficient (Wildman–Crippen LogP) is 8.08. The number of fused-ring (bicyclic) bond motifs is 5. The van der Waals surface area contributed by atoms with Gasteiger partial charge in [-0.05, 0) is 79.7 Å². The summed E-state index contributed by atoms with van der Waals surface area (Å²) in [4.78, 5) is 2.56. The fourth-order valence-electron chi connectivity index (χ4n) is 6.45. The molecule has 1 unspecified atom stereocenters. The van der Waals surface area contributed by atoms with Crippen molar-refractivity contribution in [2.75, 3.05) is 4.90 Å². The molecule has 1 aliphatic heterocycles. The Bertz CT molecular complexity index is 1980. The predicted molar refractivity (Wildman–Crippen MR) is 164 cm³/mol. The van der Waals surface area contributed by atoms with Crippen LogP contribution < -0.4 is 15.3 Å². The third-order valence-corrected chi connectivity index (χ3v) is 8.34. The maximum absolute atomic E-state index is 2.56. The van der Waals surface area contributed by atoms with Gasteiger partial charge in [-0.2, -0.15) is 0 Å². The Labute approximate surface area is 228 Å². The van der Waals surface area contributed by atoms with Crippen LogP contribution in [0.2, 0.25) is 0 Å². The number of hydrogen-bond acceptors (Lipinski definition) is 1. The number of anilines is 2. The lowest BCUT2D eigenvalue weighted by atomic mass is 9.91. The fraction of sp³-hybridized carbons (Fsp3) is 0.0526. The summed E-state index contributed by atoms with van der Waals surface area (Å²) < 4.78 is 0. The molecule has 0 fully saturated rings. The second-order valence-corrected chi connectivity index (χ2v) is 10.5. The first-order valence-corrected chi connectivity index (χ1v) is 13.7. The molecule has 0 amide bonds. The first-order chi connectivity index (χ1) is 19.3. The standard InChI is InChI=1S/C38H27N/c1-2-8-26(9-3-1)32-18-22-35-37(25-32)39(36-23-19-29-11-6-7-13-34(29)38(35)36)33-20-16-28(17-21-33)31-15-14-27-10-4-5-12-30(27)24-31/h1-22,24-25,36H,23H2. The first-order valence-electron chi connectivity index (χ1n) is 13.7. The Balaban J connectivity index is 1.27. The second kappa shape index (κ2) is 8.85. The van der Waals surface area contributed by atoms with Gasteiger partial charge in [0.25, 0.3) is 0 Å². The van der Waals surface area contributed by atoms with Gasteiger partial charge in [0.1, 0.15) is 0 Å². The van der Waals surface area contributed by atoms with Gasteiger partial charge in [0, 0.05) is 16.9 Å². The molecular formula is C38H27N. The molecule has 1 heterocycles. The van der Waals surface area contributed by atoms with Gasteiger partial charge in [-0.15, -0.1) is 0 Å². The third-order valence-electron chi connectivity index (χ3n) is 8.34. The molecule has 6 aromatic rings. The van der Waals surface area contributed by atoms with Crippen LogP contribution in [-0.2, 0) is 0 Å². The summed E-state index contributed by atoms with van der Waals surface area (Å²) in [6, 6.07) is 51.3. The molecule has 1 heteroatoms.